The zero-order valence-corrected chi connectivity index (χ0v) is 17.5. The largest absolute Gasteiger partial charge is 0.416 e. The molecule has 0 radical (unpaired) electrons. The van der Waals surface area contributed by atoms with Crippen molar-refractivity contribution < 1.29 is 13.2 Å². The summed E-state index contributed by atoms with van der Waals surface area (Å²) in [5.74, 6) is 0.644. The minimum Gasteiger partial charge on any atom is -0.299 e. The second-order valence-electron chi connectivity index (χ2n) is 8.47. The number of hydrogen-bond acceptors (Lipinski definition) is 1. The molecule has 0 spiro atoms. The second kappa shape index (κ2) is 9.17. The van der Waals surface area contributed by atoms with Crippen molar-refractivity contribution in [1.29, 1.82) is 0 Å². The average Bonchev–Trinajstić information content (AvgIpc) is 2.68. The Morgan fingerprint density at radius 1 is 1.07 bits per heavy atom. The van der Waals surface area contributed by atoms with Crippen molar-refractivity contribution in [2.75, 3.05) is 19.6 Å². The van der Waals surface area contributed by atoms with Crippen LogP contribution in [0.3, 0.4) is 0 Å². The SMILES string of the molecule is Cc1ccc(CCN2CC=C(c3cccc(C(F)(F)F)c3)CC2)cc1CC(C)C. The van der Waals surface area contributed by atoms with Gasteiger partial charge in [0.15, 0.2) is 0 Å². The van der Waals surface area contributed by atoms with Gasteiger partial charge in [0.1, 0.15) is 0 Å². The standard InChI is InChI=1S/C25H30F3N/c1-18(2)15-23-16-20(8-7-19(23)3)9-12-29-13-10-21(11-14-29)22-5-4-6-24(17-22)25(26,27)28/h4-8,10,16-18H,9,11-15H2,1-3H3. The van der Waals surface area contributed by atoms with E-state index in [1.54, 1.807) is 6.07 Å². The Morgan fingerprint density at radius 3 is 2.52 bits per heavy atom. The van der Waals surface area contributed by atoms with E-state index in [0.29, 0.717) is 11.5 Å². The van der Waals surface area contributed by atoms with Gasteiger partial charge in [-0.15, -0.1) is 0 Å². The van der Waals surface area contributed by atoms with Gasteiger partial charge in [-0.1, -0.05) is 50.3 Å². The minimum atomic E-state index is -4.29. The van der Waals surface area contributed by atoms with E-state index in [4.69, 9.17) is 0 Å². The molecule has 2 aromatic carbocycles. The fourth-order valence-corrected chi connectivity index (χ4v) is 3.90. The molecule has 0 bridgehead atoms. The second-order valence-corrected chi connectivity index (χ2v) is 8.47. The summed E-state index contributed by atoms with van der Waals surface area (Å²) >= 11 is 0. The van der Waals surface area contributed by atoms with Crippen molar-refractivity contribution in [2.24, 2.45) is 5.92 Å². The number of alkyl halides is 3. The zero-order chi connectivity index (χ0) is 21.0. The maximum absolute atomic E-state index is 13.0. The summed E-state index contributed by atoms with van der Waals surface area (Å²) in [6.45, 7) is 9.30. The van der Waals surface area contributed by atoms with E-state index >= 15 is 0 Å². The molecule has 2 aromatic rings. The summed E-state index contributed by atoms with van der Waals surface area (Å²) in [5.41, 5.74) is 5.28. The van der Waals surface area contributed by atoms with E-state index in [1.807, 2.05) is 0 Å². The van der Waals surface area contributed by atoms with Crippen LogP contribution in [0.1, 0.15) is 48.1 Å². The molecule has 0 N–H and O–H groups in total. The molecule has 1 nitrogen and oxygen atoms in total. The van der Waals surface area contributed by atoms with Gasteiger partial charge in [-0.05, 0) is 72.1 Å². The molecule has 156 valence electrons. The molecule has 4 heteroatoms. The van der Waals surface area contributed by atoms with Crippen LogP contribution in [0, 0.1) is 12.8 Å². The molecule has 0 amide bonds. The lowest BCUT2D eigenvalue weighted by Crippen LogP contribution is -2.30. The molecule has 0 aliphatic carbocycles. The van der Waals surface area contributed by atoms with E-state index < -0.39 is 11.7 Å². The Hall–Kier alpha value is -2.07. The van der Waals surface area contributed by atoms with Gasteiger partial charge in [0.05, 0.1) is 5.56 Å². The van der Waals surface area contributed by atoms with Crippen LogP contribution < -0.4 is 0 Å². The molecule has 0 atom stereocenters. The lowest BCUT2D eigenvalue weighted by molar-refractivity contribution is -0.137. The fraction of sp³-hybridized carbons (Fsp3) is 0.440. The summed E-state index contributed by atoms with van der Waals surface area (Å²) in [5, 5.41) is 0. The predicted molar refractivity (Wildman–Crippen MR) is 114 cm³/mol. The van der Waals surface area contributed by atoms with Gasteiger partial charge in [-0.3, -0.25) is 4.90 Å². The third-order valence-electron chi connectivity index (χ3n) is 5.61. The van der Waals surface area contributed by atoms with Gasteiger partial charge < -0.3 is 0 Å². The number of rotatable bonds is 6. The minimum absolute atomic E-state index is 0.574. The first-order chi connectivity index (χ1) is 13.7. The quantitative estimate of drug-likeness (QED) is 0.531. The van der Waals surface area contributed by atoms with Crippen molar-refractivity contribution in [1.82, 2.24) is 4.90 Å². The van der Waals surface area contributed by atoms with Gasteiger partial charge in [0.2, 0.25) is 0 Å². The molecule has 29 heavy (non-hydrogen) atoms. The van der Waals surface area contributed by atoms with Gasteiger partial charge >= 0.3 is 6.18 Å². The Morgan fingerprint density at radius 2 is 1.86 bits per heavy atom. The van der Waals surface area contributed by atoms with E-state index in [1.165, 1.54) is 28.8 Å². The average molecular weight is 402 g/mol. The molecule has 0 aromatic heterocycles. The maximum atomic E-state index is 13.0. The Labute approximate surface area is 172 Å². The molecular formula is C25H30F3N. The maximum Gasteiger partial charge on any atom is 0.416 e. The van der Waals surface area contributed by atoms with Gasteiger partial charge in [0, 0.05) is 19.6 Å². The fourth-order valence-electron chi connectivity index (χ4n) is 3.90. The van der Waals surface area contributed by atoms with E-state index in [-0.39, 0.29) is 0 Å². The number of halogens is 3. The Bertz CT molecular complexity index is 865. The van der Waals surface area contributed by atoms with Gasteiger partial charge in [-0.2, -0.15) is 13.2 Å². The summed E-state index contributed by atoms with van der Waals surface area (Å²) in [4.78, 5) is 2.37. The van der Waals surface area contributed by atoms with Crippen molar-refractivity contribution in [3.8, 4) is 0 Å². The summed E-state index contributed by atoms with van der Waals surface area (Å²) in [6.07, 6.45) is 0.677. The van der Waals surface area contributed by atoms with Crippen LogP contribution in [0.5, 0.6) is 0 Å². The molecule has 1 heterocycles. The Kier molecular flexibility index (Phi) is 6.84. The van der Waals surface area contributed by atoms with E-state index in [2.05, 4.69) is 49.9 Å². The predicted octanol–water partition coefficient (Wildman–Crippen LogP) is 6.54. The highest BCUT2D eigenvalue weighted by Gasteiger charge is 2.30. The van der Waals surface area contributed by atoms with Crippen molar-refractivity contribution in [3.63, 3.8) is 0 Å². The molecule has 0 fully saturated rings. The smallest absolute Gasteiger partial charge is 0.299 e. The monoisotopic (exact) mass is 401 g/mol. The highest BCUT2D eigenvalue weighted by Crippen LogP contribution is 2.32. The third-order valence-corrected chi connectivity index (χ3v) is 5.61. The first kappa shape index (κ1) is 21.6. The van der Waals surface area contributed by atoms with Crippen LogP contribution in [0.4, 0.5) is 13.2 Å². The topological polar surface area (TPSA) is 3.24 Å². The van der Waals surface area contributed by atoms with E-state index in [0.717, 1.165) is 50.5 Å². The van der Waals surface area contributed by atoms with Crippen molar-refractivity contribution in [3.05, 3.63) is 76.4 Å². The molecule has 3 rings (SSSR count). The number of benzene rings is 2. The Balaban J connectivity index is 1.59. The number of hydrogen-bond donors (Lipinski definition) is 0. The van der Waals surface area contributed by atoms with Crippen LogP contribution in [0.15, 0.2) is 48.5 Å². The molecular weight excluding hydrogens is 371 g/mol. The third kappa shape index (κ3) is 5.96. The molecule has 0 saturated heterocycles. The molecule has 1 aliphatic rings. The lowest BCUT2D eigenvalue weighted by atomic mass is 9.95. The summed E-state index contributed by atoms with van der Waals surface area (Å²) < 4.78 is 38.9. The van der Waals surface area contributed by atoms with Crippen molar-refractivity contribution in [2.45, 2.75) is 46.2 Å². The number of nitrogens with zero attached hydrogens (tertiary/aromatic N) is 1. The lowest BCUT2D eigenvalue weighted by Gasteiger charge is -2.27. The zero-order valence-electron chi connectivity index (χ0n) is 17.5. The molecule has 0 unspecified atom stereocenters. The summed E-state index contributed by atoms with van der Waals surface area (Å²) in [6, 6.07) is 12.4. The van der Waals surface area contributed by atoms with Crippen LogP contribution in [-0.4, -0.2) is 24.5 Å². The van der Waals surface area contributed by atoms with Crippen LogP contribution in [-0.2, 0) is 19.0 Å². The number of aryl methyl sites for hydroxylation is 1. The van der Waals surface area contributed by atoms with Gasteiger partial charge in [-0.25, -0.2) is 0 Å². The highest BCUT2D eigenvalue weighted by molar-refractivity contribution is 5.67. The highest BCUT2D eigenvalue weighted by atomic mass is 19.4. The first-order valence-corrected chi connectivity index (χ1v) is 10.4. The van der Waals surface area contributed by atoms with Gasteiger partial charge in [0.25, 0.3) is 0 Å². The summed E-state index contributed by atoms with van der Waals surface area (Å²) in [7, 11) is 0. The molecule has 1 aliphatic heterocycles. The van der Waals surface area contributed by atoms with Crippen molar-refractivity contribution >= 4 is 5.57 Å². The van der Waals surface area contributed by atoms with E-state index in [9.17, 15) is 13.2 Å². The first-order valence-electron chi connectivity index (χ1n) is 10.4. The van der Waals surface area contributed by atoms with Crippen LogP contribution >= 0.6 is 0 Å². The van der Waals surface area contributed by atoms with Crippen LogP contribution in [0.2, 0.25) is 0 Å². The van der Waals surface area contributed by atoms with Crippen LogP contribution in [0.25, 0.3) is 5.57 Å². The molecule has 0 saturated carbocycles. The normalized spacial score (nSPS) is 15.6.